The van der Waals surface area contributed by atoms with Crippen LogP contribution in [0.25, 0.3) is 11.0 Å². The van der Waals surface area contributed by atoms with E-state index in [9.17, 15) is 0 Å². The predicted octanol–water partition coefficient (Wildman–Crippen LogP) is 4.78. The Balaban J connectivity index is 1.60. The van der Waals surface area contributed by atoms with E-state index in [1.807, 2.05) is 6.07 Å². The molecule has 0 aliphatic heterocycles. The molecule has 0 aliphatic rings. The van der Waals surface area contributed by atoms with Gasteiger partial charge in [-0.25, -0.2) is 0 Å². The molecule has 2 aromatic rings. The summed E-state index contributed by atoms with van der Waals surface area (Å²) in [5, 5.41) is 1.18. The van der Waals surface area contributed by atoms with Crippen LogP contribution in [0.15, 0.2) is 34.9 Å². The zero-order chi connectivity index (χ0) is 13.3. The zero-order valence-electron chi connectivity index (χ0n) is 11.6. The molecule has 0 spiro atoms. The normalized spacial score (nSPS) is 11.2. The van der Waals surface area contributed by atoms with Crippen LogP contribution in [0.3, 0.4) is 0 Å². The number of aryl methyl sites for hydroxylation is 1. The molecule has 103 valence electrons. The van der Waals surface area contributed by atoms with Crippen LogP contribution >= 0.6 is 0 Å². The molecule has 1 aromatic carbocycles. The third kappa shape index (κ3) is 4.71. The van der Waals surface area contributed by atoms with Crippen LogP contribution in [0.4, 0.5) is 0 Å². The van der Waals surface area contributed by atoms with Crippen molar-refractivity contribution in [3.05, 3.63) is 43.0 Å². The predicted molar refractivity (Wildman–Crippen MR) is 79.2 cm³/mol. The molecule has 0 unspecified atom stereocenters. The highest BCUT2D eigenvalue weighted by atomic mass is 16.5. The minimum absolute atomic E-state index is 0.875. The van der Waals surface area contributed by atoms with Gasteiger partial charge in [-0.15, -0.1) is 0 Å². The van der Waals surface area contributed by atoms with E-state index < -0.39 is 0 Å². The third-order valence-electron chi connectivity index (χ3n) is 3.31. The molecule has 2 rings (SSSR count). The van der Waals surface area contributed by atoms with E-state index in [1.165, 1.54) is 23.8 Å². The summed E-state index contributed by atoms with van der Waals surface area (Å²) in [7, 11) is 0. The smallest absolute Gasteiger partial charge is 0.134 e. The molecule has 1 aromatic heterocycles. The van der Waals surface area contributed by atoms with E-state index in [1.54, 1.807) is 6.26 Å². The first-order chi connectivity index (χ1) is 9.40. The lowest BCUT2D eigenvalue weighted by molar-refractivity contribution is 0.127. The molecule has 1 heterocycles. The second-order valence-corrected chi connectivity index (χ2v) is 4.92. The first-order valence-electron chi connectivity index (χ1n) is 7.23. The molecule has 2 nitrogen and oxygen atoms in total. The Morgan fingerprint density at radius 1 is 1.00 bits per heavy atom. The molecule has 19 heavy (non-hydrogen) atoms. The van der Waals surface area contributed by atoms with Crippen molar-refractivity contribution < 1.29 is 9.15 Å². The van der Waals surface area contributed by atoms with Crippen LogP contribution in [0.2, 0.25) is 0 Å². The summed E-state index contributed by atoms with van der Waals surface area (Å²) in [6, 6.07) is 8.46. The number of hydrogen-bond acceptors (Lipinski definition) is 2. The highest BCUT2D eigenvalue weighted by Crippen LogP contribution is 2.18. The fraction of sp³-hybridized carbons (Fsp3) is 0.471. The molecule has 0 saturated heterocycles. The monoisotopic (exact) mass is 259 g/mol. The summed E-state index contributed by atoms with van der Waals surface area (Å²) in [6.45, 7) is 5.58. The standard InChI is InChI=1S/C17H23O2/c1-2-3-5-11-18-12-6-4-7-15-8-9-16-10-13-19-17(16)14-15/h8-10,13-14H,1-7,11-12H2. The van der Waals surface area contributed by atoms with Crippen molar-refractivity contribution in [3.8, 4) is 0 Å². The fourth-order valence-electron chi connectivity index (χ4n) is 2.17. The summed E-state index contributed by atoms with van der Waals surface area (Å²) in [4.78, 5) is 0. The Morgan fingerprint density at radius 2 is 1.84 bits per heavy atom. The highest BCUT2D eigenvalue weighted by Gasteiger charge is 1.99. The van der Waals surface area contributed by atoms with Gasteiger partial charge in [-0.1, -0.05) is 31.9 Å². The Kier molecular flexibility index (Phi) is 5.96. The molecular weight excluding hydrogens is 236 g/mol. The number of fused-ring (bicyclic) bond motifs is 1. The van der Waals surface area contributed by atoms with Gasteiger partial charge in [-0.2, -0.15) is 0 Å². The molecule has 1 radical (unpaired) electrons. The molecular formula is C17H23O2. The number of furan rings is 1. The van der Waals surface area contributed by atoms with E-state index in [0.29, 0.717) is 0 Å². The number of benzene rings is 1. The molecule has 0 aliphatic carbocycles. The van der Waals surface area contributed by atoms with E-state index >= 15 is 0 Å². The van der Waals surface area contributed by atoms with E-state index in [-0.39, 0.29) is 0 Å². The van der Waals surface area contributed by atoms with Crippen LogP contribution < -0.4 is 0 Å². The quantitative estimate of drug-likeness (QED) is 0.605. The zero-order valence-corrected chi connectivity index (χ0v) is 11.6. The average molecular weight is 259 g/mol. The third-order valence-corrected chi connectivity index (χ3v) is 3.31. The minimum Gasteiger partial charge on any atom is -0.464 e. The summed E-state index contributed by atoms with van der Waals surface area (Å²) in [5.74, 6) is 0. The maximum absolute atomic E-state index is 5.59. The van der Waals surface area contributed by atoms with Gasteiger partial charge in [0.1, 0.15) is 5.58 Å². The van der Waals surface area contributed by atoms with Crippen LogP contribution in [0, 0.1) is 6.92 Å². The van der Waals surface area contributed by atoms with E-state index in [4.69, 9.17) is 9.15 Å². The van der Waals surface area contributed by atoms with E-state index in [2.05, 4.69) is 25.1 Å². The largest absolute Gasteiger partial charge is 0.464 e. The maximum atomic E-state index is 5.59. The average Bonchev–Trinajstić information content (AvgIpc) is 2.89. The Labute approximate surface area is 115 Å². The summed E-state index contributed by atoms with van der Waals surface area (Å²) < 4.78 is 11.0. The van der Waals surface area contributed by atoms with Crippen molar-refractivity contribution in [2.75, 3.05) is 13.2 Å². The van der Waals surface area contributed by atoms with Gasteiger partial charge in [-0.05, 0) is 43.4 Å². The summed E-state index contributed by atoms with van der Waals surface area (Å²) >= 11 is 0. The highest BCUT2D eigenvalue weighted by molar-refractivity contribution is 5.77. The summed E-state index contributed by atoms with van der Waals surface area (Å²) in [5.41, 5.74) is 2.33. The van der Waals surface area contributed by atoms with Crippen molar-refractivity contribution >= 4 is 11.0 Å². The number of unbranched alkanes of at least 4 members (excludes halogenated alkanes) is 3. The van der Waals surface area contributed by atoms with Crippen molar-refractivity contribution in [2.45, 2.75) is 38.5 Å². The Bertz CT molecular complexity index is 473. The molecule has 0 fully saturated rings. The second kappa shape index (κ2) is 8.00. The lowest BCUT2D eigenvalue weighted by Gasteiger charge is -2.04. The number of ether oxygens (including phenoxy) is 1. The van der Waals surface area contributed by atoms with Gasteiger partial charge < -0.3 is 9.15 Å². The first-order valence-corrected chi connectivity index (χ1v) is 7.23. The van der Waals surface area contributed by atoms with Gasteiger partial charge >= 0.3 is 0 Å². The van der Waals surface area contributed by atoms with Gasteiger partial charge in [0.2, 0.25) is 0 Å². The number of rotatable bonds is 9. The summed E-state index contributed by atoms with van der Waals surface area (Å²) in [6.07, 6.45) is 8.45. The van der Waals surface area contributed by atoms with Crippen molar-refractivity contribution in [1.29, 1.82) is 0 Å². The van der Waals surface area contributed by atoms with Crippen LogP contribution in [0.1, 0.15) is 37.7 Å². The SMILES string of the molecule is [CH2]CCCCOCCCCc1ccc2ccoc2c1. The molecule has 0 N–H and O–H groups in total. The minimum atomic E-state index is 0.875. The van der Waals surface area contributed by atoms with Gasteiger partial charge in [0.05, 0.1) is 6.26 Å². The maximum Gasteiger partial charge on any atom is 0.134 e. The van der Waals surface area contributed by atoms with Crippen molar-refractivity contribution in [2.24, 2.45) is 0 Å². The molecule has 0 bridgehead atoms. The topological polar surface area (TPSA) is 22.4 Å². The van der Waals surface area contributed by atoms with Crippen molar-refractivity contribution in [1.82, 2.24) is 0 Å². The molecule has 0 atom stereocenters. The Hall–Kier alpha value is -1.28. The van der Waals surface area contributed by atoms with Crippen LogP contribution in [-0.2, 0) is 11.2 Å². The molecule has 0 amide bonds. The molecule has 0 saturated carbocycles. The van der Waals surface area contributed by atoms with Crippen LogP contribution in [-0.4, -0.2) is 13.2 Å². The van der Waals surface area contributed by atoms with Gasteiger partial charge in [0.15, 0.2) is 0 Å². The van der Waals surface area contributed by atoms with Gasteiger partial charge in [0.25, 0.3) is 0 Å². The van der Waals surface area contributed by atoms with Gasteiger partial charge in [-0.3, -0.25) is 0 Å². The van der Waals surface area contributed by atoms with Gasteiger partial charge in [0, 0.05) is 18.6 Å². The molecule has 2 heteroatoms. The van der Waals surface area contributed by atoms with Crippen LogP contribution in [0.5, 0.6) is 0 Å². The first kappa shape index (κ1) is 14.1. The fourth-order valence-corrected chi connectivity index (χ4v) is 2.17. The van der Waals surface area contributed by atoms with Crippen molar-refractivity contribution in [3.63, 3.8) is 0 Å². The lowest BCUT2D eigenvalue weighted by atomic mass is 10.1. The lowest BCUT2D eigenvalue weighted by Crippen LogP contribution is -1.97. The number of hydrogen-bond donors (Lipinski definition) is 0. The second-order valence-electron chi connectivity index (χ2n) is 4.92. The van der Waals surface area contributed by atoms with E-state index in [0.717, 1.165) is 44.5 Å². The Morgan fingerprint density at radius 3 is 2.68 bits per heavy atom.